The van der Waals surface area contributed by atoms with Crippen LogP contribution in [-0.4, -0.2) is 25.9 Å². The number of nitrogens with two attached hydrogens (primary N) is 1. The fourth-order valence-corrected chi connectivity index (χ4v) is 1.56. The molecule has 1 aromatic carbocycles. The summed E-state index contributed by atoms with van der Waals surface area (Å²) in [6, 6.07) is 10.2. The summed E-state index contributed by atoms with van der Waals surface area (Å²) in [6.07, 6.45) is -0.00356. The molecule has 2 N–H and O–H groups in total. The van der Waals surface area contributed by atoms with E-state index in [0.717, 1.165) is 13.2 Å². The van der Waals surface area contributed by atoms with Crippen LogP contribution in [0.5, 0.6) is 0 Å². The average molecular weight is 178 g/mol. The Labute approximate surface area is 78.1 Å². The molecule has 1 unspecified atom stereocenters. The van der Waals surface area contributed by atoms with Gasteiger partial charge in [0.2, 0.25) is 0 Å². The average Bonchev–Trinajstić information content (AvgIpc) is 2.20. The predicted octanol–water partition coefficient (Wildman–Crippen LogP) is 0.808. The van der Waals surface area contributed by atoms with E-state index in [4.69, 9.17) is 10.5 Å². The van der Waals surface area contributed by atoms with E-state index in [9.17, 15) is 0 Å². The van der Waals surface area contributed by atoms with Crippen LogP contribution in [0, 0.1) is 0 Å². The second-order valence-electron chi connectivity index (χ2n) is 3.17. The van der Waals surface area contributed by atoms with Crippen molar-refractivity contribution in [3.63, 3.8) is 0 Å². The molecule has 0 aromatic heterocycles. The predicted molar refractivity (Wildman–Crippen MR) is 52.6 cm³/mol. The first kappa shape index (κ1) is 8.53. The highest BCUT2D eigenvalue weighted by Gasteiger charge is 2.18. The van der Waals surface area contributed by atoms with E-state index < -0.39 is 0 Å². The van der Waals surface area contributed by atoms with Crippen LogP contribution in [0.3, 0.4) is 0 Å². The number of benzene rings is 1. The zero-order valence-corrected chi connectivity index (χ0v) is 7.52. The Morgan fingerprint density at radius 3 is 2.77 bits per heavy atom. The number of hydrogen-bond donors (Lipinski definition) is 1. The number of morpholine rings is 1. The van der Waals surface area contributed by atoms with Crippen molar-refractivity contribution in [1.29, 1.82) is 0 Å². The van der Waals surface area contributed by atoms with Gasteiger partial charge in [-0.25, -0.2) is 0 Å². The van der Waals surface area contributed by atoms with Gasteiger partial charge in [-0.1, -0.05) is 18.2 Å². The van der Waals surface area contributed by atoms with E-state index in [1.165, 1.54) is 5.69 Å². The fraction of sp³-hybridized carbons (Fsp3) is 0.400. The summed E-state index contributed by atoms with van der Waals surface area (Å²) in [4.78, 5) is 2.17. The number of rotatable bonds is 1. The molecule has 1 aliphatic rings. The molecule has 0 aliphatic carbocycles. The molecule has 3 nitrogen and oxygen atoms in total. The quantitative estimate of drug-likeness (QED) is 0.691. The van der Waals surface area contributed by atoms with Crippen molar-refractivity contribution < 1.29 is 4.74 Å². The van der Waals surface area contributed by atoms with E-state index in [1.807, 2.05) is 18.2 Å². The summed E-state index contributed by atoms with van der Waals surface area (Å²) in [6.45, 7) is 2.27. The molecule has 1 saturated heterocycles. The van der Waals surface area contributed by atoms with E-state index >= 15 is 0 Å². The maximum Gasteiger partial charge on any atom is 0.101 e. The maximum atomic E-state index is 5.91. The lowest BCUT2D eigenvalue weighted by atomic mass is 10.2. The molecule has 0 bridgehead atoms. The molecule has 1 fully saturated rings. The van der Waals surface area contributed by atoms with Crippen molar-refractivity contribution in [2.24, 2.45) is 5.73 Å². The Hall–Kier alpha value is -1.06. The van der Waals surface area contributed by atoms with Crippen LogP contribution in [-0.2, 0) is 4.74 Å². The summed E-state index contributed by atoms with van der Waals surface area (Å²) >= 11 is 0. The van der Waals surface area contributed by atoms with Gasteiger partial charge in [0, 0.05) is 12.2 Å². The van der Waals surface area contributed by atoms with Crippen LogP contribution in [0.1, 0.15) is 0 Å². The van der Waals surface area contributed by atoms with Crippen LogP contribution in [0.4, 0.5) is 5.69 Å². The van der Waals surface area contributed by atoms with Crippen LogP contribution < -0.4 is 10.6 Å². The number of para-hydroxylation sites is 1. The van der Waals surface area contributed by atoms with Gasteiger partial charge in [-0.3, -0.25) is 0 Å². The first-order valence-corrected chi connectivity index (χ1v) is 4.53. The number of nitrogens with zero attached hydrogens (tertiary/aromatic N) is 1. The zero-order valence-electron chi connectivity index (χ0n) is 7.52. The van der Waals surface area contributed by atoms with Crippen molar-refractivity contribution in [3.8, 4) is 0 Å². The van der Waals surface area contributed by atoms with Gasteiger partial charge in [-0.15, -0.1) is 0 Å². The fourth-order valence-electron chi connectivity index (χ4n) is 1.56. The molecule has 0 saturated carbocycles. The second-order valence-corrected chi connectivity index (χ2v) is 3.17. The number of ether oxygens (including phenoxy) is 1. The van der Waals surface area contributed by atoms with E-state index in [0.29, 0.717) is 6.61 Å². The normalized spacial score (nSPS) is 23.2. The summed E-state index contributed by atoms with van der Waals surface area (Å²) < 4.78 is 5.27. The summed E-state index contributed by atoms with van der Waals surface area (Å²) in [5.41, 5.74) is 7.09. The lowest BCUT2D eigenvalue weighted by molar-refractivity contribution is 0.0958. The minimum atomic E-state index is -0.00356. The summed E-state index contributed by atoms with van der Waals surface area (Å²) in [5.74, 6) is 0. The van der Waals surface area contributed by atoms with Crippen LogP contribution in [0.2, 0.25) is 0 Å². The van der Waals surface area contributed by atoms with Crippen molar-refractivity contribution in [1.82, 2.24) is 0 Å². The molecule has 2 rings (SSSR count). The molecule has 70 valence electrons. The standard InChI is InChI=1S/C10H14N2O/c11-10-8-13-7-6-12(10)9-4-2-1-3-5-9/h1-5,10H,6-8,11H2. The van der Waals surface area contributed by atoms with Gasteiger partial charge in [0.05, 0.1) is 13.2 Å². The first-order chi connectivity index (χ1) is 6.38. The Morgan fingerprint density at radius 1 is 1.31 bits per heavy atom. The Balaban J connectivity index is 2.15. The topological polar surface area (TPSA) is 38.5 Å². The van der Waals surface area contributed by atoms with Gasteiger partial charge in [-0.2, -0.15) is 0 Å². The molecule has 0 amide bonds. The molecule has 1 heterocycles. The monoisotopic (exact) mass is 178 g/mol. The van der Waals surface area contributed by atoms with Crippen LogP contribution >= 0.6 is 0 Å². The first-order valence-electron chi connectivity index (χ1n) is 4.53. The maximum absolute atomic E-state index is 5.91. The minimum absolute atomic E-state index is 0.00356. The van der Waals surface area contributed by atoms with E-state index in [1.54, 1.807) is 0 Å². The van der Waals surface area contributed by atoms with Gasteiger partial charge in [-0.05, 0) is 12.1 Å². The lowest BCUT2D eigenvalue weighted by Gasteiger charge is -2.34. The zero-order chi connectivity index (χ0) is 9.10. The molecule has 0 spiro atoms. The van der Waals surface area contributed by atoms with Gasteiger partial charge < -0.3 is 15.4 Å². The highest BCUT2D eigenvalue weighted by molar-refractivity contribution is 5.47. The van der Waals surface area contributed by atoms with Gasteiger partial charge in [0.1, 0.15) is 6.17 Å². The molecule has 13 heavy (non-hydrogen) atoms. The summed E-state index contributed by atoms with van der Waals surface area (Å²) in [5, 5.41) is 0. The minimum Gasteiger partial charge on any atom is -0.376 e. The molecule has 1 atom stereocenters. The van der Waals surface area contributed by atoms with Gasteiger partial charge in [0.15, 0.2) is 0 Å². The Morgan fingerprint density at radius 2 is 2.08 bits per heavy atom. The molecule has 0 radical (unpaired) electrons. The largest absolute Gasteiger partial charge is 0.376 e. The van der Waals surface area contributed by atoms with Crippen molar-refractivity contribution in [2.45, 2.75) is 6.17 Å². The summed E-state index contributed by atoms with van der Waals surface area (Å²) in [7, 11) is 0. The molecule has 3 heteroatoms. The van der Waals surface area contributed by atoms with E-state index in [-0.39, 0.29) is 6.17 Å². The highest BCUT2D eigenvalue weighted by atomic mass is 16.5. The number of anilines is 1. The van der Waals surface area contributed by atoms with Gasteiger partial charge >= 0.3 is 0 Å². The molecular formula is C10H14N2O. The molecule has 1 aromatic rings. The van der Waals surface area contributed by atoms with E-state index in [2.05, 4.69) is 17.0 Å². The van der Waals surface area contributed by atoms with Crippen molar-refractivity contribution in [2.75, 3.05) is 24.7 Å². The van der Waals surface area contributed by atoms with Crippen LogP contribution in [0.15, 0.2) is 30.3 Å². The Kier molecular flexibility index (Phi) is 2.47. The second kappa shape index (κ2) is 3.77. The SMILES string of the molecule is NC1COCCN1c1ccccc1. The smallest absolute Gasteiger partial charge is 0.101 e. The third-order valence-electron chi connectivity index (χ3n) is 2.25. The lowest BCUT2D eigenvalue weighted by Crippen LogP contribution is -2.50. The van der Waals surface area contributed by atoms with Crippen molar-refractivity contribution in [3.05, 3.63) is 30.3 Å². The van der Waals surface area contributed by atoms with Gasteiger partial charge in [0.25, 0.3) is 0 Å². The third-order valence-corrected chi connectivity index (χ3v) is 2.25. The molecular weight excluding hydrogens is 164 g/mol. The number of hydrogen-bond acceptors (Lipinski definition) is 3. The molecule has 1 aliphatic heterocycles. The van der Waals surface area contributed by atoms with Crippen molar-refractivity contribution >= 4 is 5.69 Å². The highest BCUT2D eigenvalue weighted by Crippen LogP contribution is 2.16. The third kappa shape index (κ3) is 1.82. The van der Waals surface area contributed by atoms with Crippen LogP contribution in [0.25, 0.3) is 0 Å². The Bertz CT molecular complexity index is 263.